The van der Waals surface area contributed by atoms with Gasteiger partial charge in [0.2, 0.25) is 0 Å². The molecule has 2 rings (SSSR count). The maximum absolute atomic E-state index is 11.7. The maximum Gasteiger partial charge on any atom is 0.172 e. The molecule has 2 aromatic carbocycles. The van der Waals surface area contributed by atoms with Crippen LogP contribution in [0.25, 0.3) is 11.1 Å². The van der Waals surface area contributed by atoms with E-state index in [0.29, 0.717) is 4.43 Å². The molecule has 2 heteroatoms. The van der Waals surface area contributed by atoms with E-state index in [4.69, 9.17) is 0 Å². The monoisotopic (exact) mass is 434 g/mol. The Morgan fingerprint density at radius 1 is 0.792 bits per heavy atom. The highest BCUT2D eigenvalue weighted by Crippen LogP contribution is 2.21. The van der Waals surface area contributed by atoms with Gasteiger partial charge in [-0.15, -0.1) is 0 Å². The third-order valence-electron chi connectivity index (χ3n) is 4.43. The molecule has 0 aliphatic carbocycles. The lowest BCUT2D eigenvalue weighted by Gasteiger charge is -2.06. The first-order chi connectivity index (χ1) is 11.7. The van der Waals surface area contributed by atoms with Crippen molar-refractivity contribution in [2.24, 2.45) is 0 Å². The first-order valence-corrected chi connectivity index (χ1v) is 10.6. The van der Waals surface area contributed by atoms with Crippen LogP contribution in [-0.2, 0) is 6.42 Å². The Bertz CT molecular complexity index is 613. The van der Waals surface area contributed by atoms with Crippen LogP contribution in [0.1, 0.15) is 61.4 Å². The van der Waals surface area contributed by atoms with Gasteiger partial charge in [-0.05, 0) is 29.5 Å². The molecule has 0 saturated carbocycles. The minimum Gasteiger partial charge on any atom is -0.293 e. The van der Waals surface area contributed by atoms with E-state index < -0.39 is 0 Å². The Morgan fingerprint density at radius 2 is 1.33 bits per heavy atom. The van der Waals surface area contributed by atoms with Crippen molar-refractivity contribution in [2.75, 3.05) is 4.43 Å². The standard InChI is InChI=1S/C22H27IO/c1-2-3-4-5-6-7-8-18-9-11-19(12-10-18)20-13-15-21(16-14-20)22(24)17-23/h9-16H,2-8,17H2,1H3. The summed E-state index contributed by atoms with van der Waals surface area (Å²) in [6, 6.07) is 16.8. The van der Waals surface area contributed by atoms with Crippen molar-refractivity contribution in [1.29, 1.82) is 0 Å². The van der Waals surface area contributed by atoms with Gasteiger partial charge in [-0.1, -0.05) is 110 Å². The Hall–Kier alpha value is -1.16. The van der Waals surface area contributed by atoms with Gasteiger partial charge in [0.05, 0.1) is 4.43 Å². The molecule has 0 heterocycles. The van der Waals surface area contributed by atoms with Crippen molar-refractivity contribution < 1.29 is 4.79 Å². The smallest absolute Gasteiger partial charge is 0.172 e. The first kappa shape index (κ1) is 19.2. The SMILES string of the molecule is CCCCCCCCc1ccc(-c2ccc(C(=O)CI)cc2)cc1. The van der Waals surface area contributed by atoms with Crippen LogP contribution < -0.4 is 0 Å². The summed E-state index contributed by atoms with van der Waals surface area (Å²) < 4.78 is 0.532. The third kappa shape index (κ3) is 6.04. The van der Waals surface area contributed by atoms with Crippen LogP contribution in [-0.4, -0.2) is 10.2 Å². The summed E-state index contributed by atoms with van der Waals surface area (Å²) in [5.74, 6) is 0.191. The summed E-state index contributed by atoms with van der Waals surface area (Å²) in [7, 11) is 0. The predicted molar refractivity (Wildman–Crippen MR) is 112 cm³/mol. The molecule has 0 radical (unpaired) electrons. The van der Waals surface area contributed by atoms with E-state index in [0.717, 1.165) is 5.56 Å². The number of benzene rings is 2. The number of rotatable bonds is 10. The second kappa shape index (κ2) is 10.7. The Kier molecular flexibility index (Phi) is 8.51. The molecule has 0 fully saturated rings. The maximum atomic E-state index is 11.7. The Morgan fingerprint density at radius 3 is 1.92 bits per heavy atom. The molecule has 0 aliphatic heterocycles. The van der Waals surface area contributed by atoms with Crippen LogP contribution in [0.5, 0.6) is 0 Å². The first-order valence-electron chi connectivity index (χ1n) is 9.03. The number of unbranched alkanes of at least 4 members (excludes halogenated alkanes) is 5. The molecule has 1 nitrogen and oxygen atoms in total. The van der Waals surface area contributed by atoms with Crippen molar-refractivity contribution in [3.05, 3.63) is 59.7 Å². The van der Waals surface area contributed by atoms with Gasteiger partial charge in [0.15, 0.2) is 5.78 Å². The molecule has 0 aromatic heterocycles. The van der Waals surface area contributed by atoms with E-state index in [9.17, 15) is 4.79 Å². The van der Waals surface area contributed by atoms with Crippen molar-refractivity contribution >= 4 is 28.4 Å². The minimum absolute atomic E-state index is 0.191. The summed E-state index contributed by atoms with van der Waals surface area (Å²) in [5, 5.41) is 0. The molecule has 0 unspecified atom stereocenters. The molecule has 0 atom stereocenters. The number of hydrogen-bond donors (Lipinski definition) is 0. The van der Waals surface area contributed by atoms with Gasteiger partial charge in [-0.2, -0.15) is 0 Å². The van der Waals surface area contributed by atoms with Gasteiger partial charge >= 0.3 is 0 Å². The van der Waals surface area contributed by atoms with Crippen LogP contribution in [0, 0.1) is 0 Å². The van der Waals surface area contributed by atoms with Crippen LogP contribution in [0.2, 0.25) is 0 Å². The van der Waals surface area contributed by atoms with E-state index in [1.165, 1.54) is 61.6 Å². The highest BCUT2D eigenvalue weighted by Gasteiger charge is 2.04. The lowest BCUT2D eigenvalue weighted by Crippen LogP contribution is -1.98. The molecule has 2 aromatic rings. The number of Topliss-reactive ketones (excluding diaryl/α,β-unsaturated/α-hetero) is 1. The molecule has 0 spiro atoms. The fraction of sp³-hybridized carbons (Fsp3) is 0.409. The Balaban J connectivity index is 1.86. The molecule has 0 amide bonds. The second-order valence-corrected chi connectivity index (χ2v) is 7.11. The number of aryl methyl sites for hydroxylation is 1. The molecule has 0 N–H and O–H groups in total. The van der Waals surface area contributed by atoms with E-state index in [-0.39, 0.29) is 5.78 Å². The average Bonchev–Trinajstić information content (AvgIpc) is 2.64. The zero-order chi connectivity index (χ0) is 17.2. The number of carbonyl (C=O) groups is 1. The third-order valence-corrected chi connectivity index (χ3v) is 5.13. The zero-order valence-corrected chi connectivity index (χ0v) is 16.7. The Labute approximate surface area is 160 Å². The van der Waals surface area contributed by atoms with E-state index >= 15 is 0 Å². The molecule has 24 heavy (non-hydrogen) atoms. The van der Waals surface area contributed by atoms with Crippen molar-refractivity contribution in [1.82, 2.24) is 0 Å². The molecular formula is C22H27IO. The van der Waals surface area contributed by atoms with Gasteiger partial charge in [-0.25, -0.2) is 0 Å². The van der Waals surface area contributed by atoms with Crippen LogP contribution in [0.15, 0.2) is 48.5 Å². The topological polar surface area (TPSA) is 17.1 Å². The number of alkyl halides is 1. The van der Waals surface area contributed by atoms with Gasteiger partial charge in [0.25, 0.3) is 0 Å². The summed E-state index contributed by atoms with van der Waals surface area (Å²) in [6.07, 6.45) is 9.24. The zero-order valence-electron chi connectivity index (χ0n) is 14.6. The number of ketones is 1. The summed E-state index contributed by atoms with van der Waals surface area (Å²) in [4.78, 5) is 11.7. The molecule has 0 aliphatic rings. The van der Waals surface area contributed by atoms with Gasteiger partial charge in [0, 0.05) is 5.56 Å². The fourth-order valence-electron chi connectivity index (χ4n) is 2.90. The fourth-order valence-corrected chi connectivity index (χ4v) is 3.34. The largest absolute Gasteiger partial charge is 0.293 e. The van der Waals surface area contributed by atoms with E-state index in [1.807, 2.05) is 24.3 Å². The number of hydrogen-bond acceptors (Lipinski definition) is 1. The quantitative estimate of drug-likeness (QED) is 0.173. The molecule has 0 bridgehead atoms. The minimum atomic E-state index is 0.191. The normalized spacial score (nSPS) is 10.8. The van der Waals surface area contributed by atoms with Crippen LogP contribution in [0.4, 0.5) is 0 Å². The van der Waals surface area contributed by atoms with Crippen molar-refractivity contribution in [2.45, 2.75) is 51.9 Å². The average molecular weight is 434 g/mol. The van der Waals surface area contributed by atoms with Gasteiger partial charge in [0.1, 0.15) is 0 Å². The summed E-state index contributed by atoms with van der Waals surface area (Å²) >= 11 is 2.11. The predicted octanol–water partition coefficient (Wildman–Crippen LogP) is 6.87. The van der Waals surface area contributed by atoms with E-state index in [2.05, 4.69) is 53.8 Å². The number of halogens is 1. The highest BCUT2D eigenvalue weighted by atomic mass is 127. The van der Waals surface area contributed by atoms with Gasteiger partial charge < -0.3 is 0 Å². The molecule has 128 valence electrons. The summed E-state index contributed by atoms with van der Waals surface area (Å²) in [6.45, 7) is 2.26. The van der Waals surface area contributed by atoms with Crippen molar-refractivity contribution in [3.8, 4) is 11.1 Å². The van der Waals surface area contributed by atoms with Crippen molar-refractivity contribution in [3.63, 3.8) is 0 Å². The lowest BCUT2D eigenvalue weighted by atomic mass is 9.99. The lowest BCUT2D eigenvalue weighted by molar-refractivity contribution is 0.102. The second-order valence-electron chi connectivity index (χ2n) is 6.35. The molecular weight excluding hydrogens is 407 g/mol. The van der Waals surface area contributed by atoms with Crippen LogP contribution in [0.3, 0.4) is 0 Å². The molecule has 0 saturated heterocycles. The van der Waals surface area contributed by atoms with Crippen LogP contribution >= 0.6 is 22.6 Å². The highest BCUT2D eigenvalue weighted by molar-refractivity contribution is 14.1. The number of carbonyl (C=O) groups excluding carboxylic acids is 1. The van der Waals surface area contributed by atoms with E-state index in [1.54, 1.807) is 0 Å². The van der Waals surface area contributed by atoms with Gasteiger partial charge in [-0.3, -0.25) is 4.79 Å². The summed E-state index contributed by atoms with van der Waals surface area (Å²) in [5.41, 5.74) is 4.61.